The van der Waals surface area contributed by atoms with Crippen molar-refractivity contribution in [2.45, 2.75) is 25.7 Å². The highest BCUT2D eigenvalue weighted by atomic mass is 32.1. The van der Waals surface area contributed by atoms with Crippen molar-refractivity contribution in [1.82, 2.24) is 4.98 Å². The van der Waals surface area contributed by atoms with E-state index in [0.717, 1.165) is 4.90 Å². The number of aromatic nitrogens is 1. The van der Waals surface area contributed by atoms with Crippen LogP contribution >= 0.6 is 12.6 Å². The Morgan fingerprint density at radius 1 is 1.39 bits per heavy atom. The number of rotatable bonds is 3. The van der Waals surface area contributed by atoms with E-state index in [0.29, 0.717) is 11.4 Å². The van der Waals surface area contributed by atoms with Gasteiger partial charge in [-0.2, -0.15) is 0 Å². The van der Waals surface area contributed by atoms with E-state index < -0.39 is 5.92 Å². The number of amides is 2. The van der Waals surface area contributed by atoms with Gasteiger partial charge in [0, 0.05) is 19.0 Å². The van der Waals surface area contributed by atoms with Crippen LogP contribution in [0.25, 0.3) is 0 Å². The number of imide groups is 1. The van der Waals surface area contributed by atoms with E-state index in [-0.39, 0.29) is 29.8 Å². The molecule has 1 fully saturated rings. The average Bonchev–Trinajstić information content (AvgIpc) is 2.68. The van der Waals surface area contributed by atoms with Crippen LogP contribution in [0.1, 0.15) is 31.4 Å². The topological polar surface area (TPSA) is 67.3 Å². The van der Waals surface area contributed by atoms with Crippen LogP contribution < -0.4 is 4.90 Å². The minimum absolute atomic E-state index is 0.205. The maximum Gasteiger partial charge on any atom is 0.234 e. The molecule has 1 saturated heterocycles. The van der Waals surface area contributed by atoms with Gasteiger partial charge in [0.05, 0.1) is 17.3 Å². The lowest BCUT2D eigenvalue weighted by molar-refractivity contribution is -0.121. The zero-order chi connectivity index (χ0) is 13.3. The second-order valence-electron chi connectivity index (χ2n) is 4.09. The van der Waals surface area contributed by atoms with Gasteiger partial charge in [0.1, 0.15) is 0 Å². The second kappa shape index (κ2) is 4.89. The van der Waals surface area contributed by atoms with Crippen LogP contribution in [0, 0.1) is 0 Å². The minimum atomic E-state index is -0.564. The first-order valence-corrected chi connectivity index (χ1v) is 6.00. The molecule has 6 heteroatoms. The largest absolute Gasteiger partial charge is 0.287 e. The molecule has 2 rings (SSSR count). The number of carbonyl (C=O) groups excluding carboxylic acids is 3. The molecular weight excluding hydrogens is 252 g/mol. The summed E-state index contributed by atoms with van der Waals surface area (Å²) in [4.78, 5) is 39.9. The van der Waals surface area contributed by atoms with Crippen molar-refractivity contribution in [3.8, 4) is 0 Å². The standard InChI is InChI=1S/C12H12N2O3S/c1-7(12(17)18)11-8(3-2-6-13-11)14-9(15)4-5-10(14)16/h2-3,6-7H,4-5H2,1H3,(H,17,18). The van der Waals surface area contributed by atoms with Crippen molar-refractivity contribution >= 4 is 35.2 Å². The molecule has 0 spiro atoms. The first-order valence-electron chi connectivity index (χ1n) is 5.56. The lowest BCUT2D eigenvalue weighted by atomic mass is 10.1. The number of pyridine rings is 1. The van der Waals surface area contributed by atoms with Gasteiger partial charge >= 0.3 is 0 Å². The number of carbonyl (C=O) groups is 3. The molecule has 0 N–H and O–H groups in total. The Morgan fingerprint density at radius 2 is 2.00 bits per heavy atom. The predicted octanol–water partition coefficient (Wildman–Crippen LogP) is 1.29. The molecule has 94 valence electrons. The fourth-order valence-electron chi connectivity index (χ4n) is 1.89. The van der Waals surface area contributed by atoms with Gasteiger partial charge in [-0.25, -0.2) is 4.90 Å². The summed E-state index contributed by atoms with van der Waals surface area (Å²) in [6.07, 6.45) is 1.93. The lowest BCUT2D eigenvalue weighted by Gasteiger charge is -2.19. The summed E-state index contributed by atoms with van der Waals surface area (Å²) in [6.45, 7) is 1.65. The van der Waals surface area contributed by atoms with Crippen molar-refractivity contribution in [2.75, 3.05) is 4.90 Å². The Labute approximate surface area is 110 Å². The molecule has 5 nitrogen and oxygen atoms in total. The van der Waals surface area contributed by atoms with Crippen LogP contribution in [0.2, 0.25) is 0 Å². The first kappa shape index (κ1) is 12.8. The van der Waals surface area contributed by atoms with E-state index in [2.05, 4.69) is 17.6 Å². The molecule has 0 radical (unpaired) electrons. The highest BCUT2D eigenvalue weighted by Gasteiger charge is 2.33. The van der Waals surface area contributed by atoms with E-state index >= 15 is 0 Å². The molecule has 1 unspecified atom stereocenters. The molecule has 0 aromatic carbocycles. The third-order valence-corrected chi connectivity index (χ3v) is 3.28. The van der Waals surface area contributed by atoms with Gasteiger partial charge in [-0.05, 0) is 19.1 Å². The predicted molar refractivity (Wildman–Crippen MR) is 68.4 cm³/mol. The smallest absolute Gasteiger partial charge is 0.234 e. The zero-order valence-corrected chi connectivity index (χ0v) is 10.7. The van der Waals surface area contributed by atoms with Gasteiger partial charge in [0.25, 0.3) is 0 Å². The molecule has 2 heterocycles. The maximum atomic E-state index is 11.7. The van der Waals surface area contributed by atoms with Gasteiger partial charge in [0.15, 0.2) is 5.12 Å². The van der Waals surface area contributed by atoms with E-state index in [1.165, 1.54) is 6.20 Å². The Kier molecular flexibility index (Phi) is 3.47. The van der Waals surface area contributed by atoms with Crippen molar-refractivity contribution in [2.24, 2.45) is 0 Å². The Balaban J connectivity index is 2.48. The number of thiol groups is 1. The van der Waals surface area contributed by atoms with Crippen molar-refractivity contribution in [3.05, 3.63) is 24.0 Å². The van der Waals surface area contributed by atoms with E-state index in [4.69, 9.17) is 0 Å². The van der Waals surface area contributed by atoms with Crippen LogP contribution in [0.4, 0.5) is 5.69 Å². The normalized spacial score (nSPS) is 17.1. The van der Waals surface area contributed by atoms with Crippen LogP contribution in [-0.4, -0.2) is 21.9 Å². The third kappa shape index (κ3) is 2.15. The lowest BCUT2D eigenvalue weighted by Crippen LogP contribution is -2.30. The fraction of sp³-hybridized carbons (Fsp3) is 0.333. The van der Waals surface area contributed by atoms with Crippen molar-refractivity contribution < 1.29 is 14.4 Å². The number of hydrogen-bond donors (Lipinski definition) is 1. The first-order chi connectivity index (χ1) is 8.52. The summed E-state index contributed by atoms with van der Waals surface area (Å²) < 4.78 is 0. The van der Waals surface area contributed by atoms with Gasteiger partial charge in [-0.1, -0.05) is 0 Å². The highest BCUT2D eigenvalue weighted by molar-refractivity contribution is 7.96. The van der Waals surface area contributed by atoms with Gasteiger partial charge in [0.2, 0.25) is 11.8 Å². The minimum Gasteiger partial charge on any atom is -0.287 e. The fourth-order valence-corrected chi connectivity index (χ4v) is 2.02. The summed E-state index contributed by atoms with van der Waals surface area (Å²) >= 11 is 3.77. The number of nitrogens with zero attached hydrogens (tertiary/aromatic N) is 2. The number of anilines is 1. The summed E-state index contributed by atoms with van der Waals surface area (Å²) in [5, 5.41) is -0.353. The van der Waals surface area contributed by atoms with Gasteiger partial charge < -0.3 is 0 Å². The van der Waals surface area contributed by atoms with Crippen LogP contribution in [0.5, 0.6) is 0 Å². The third-order valence-electron chi connectivity index (χ3n) is 2.89. The SMILES string of the molecule is CC(C(=O)S)c1ncccc1N1C(=O)CCC1=O. The van der Waals surface area contributed by atoms with Crippen LogP contribution in [-0.2, 0) is 14.4 Å². The number of hydrogen-bond acceptors (Lipinski definition) is 4. The Morgan fingerprint density at radius 3 is 2.56 bits per heavy atom. The summed E-state index contributed by atoms with van der Waals surface area (Å²) in [5.41, 5.74) is 0.793. The molecule has 0 bridgehead atoms. The molecule has 1 aromatic rings. The monoisotopic (exact) mass is 264 g/mol. The van der Waals surface area contributed by atoms with Crippen LogP contribution in [0.15, 0.2) is 18.3 Å². The molecule has 1 aromatic heterocycles. The maximum absolute atomic E-state index is 11.7. The van der Waals surface area contributed by atoms with E-state index in [1.807, 2.05) is 0 Å². The average molecular weight is 264 g/mol. The summed E-state index contributed by atoms with van der Waals surface area (Å²) in [5.74, 6) is -1.08. The molecule has 18 heavy (non-hydrogen) atoms. The quantitative estimate of drug-likeness (QED) is 0.660. The molecule has 0 aliphatic carbocycles. The van der Waals surface area contributed by atoms with Gasteiger partial charge in [-0.15, -0.1) is 12.6 Å². The zero-order valence-electron chi connectivity index (χ0n) is 9.79. The van der Waals surface area contributed by atoms with Crippen LogP contribution in [0.3, 0.4) is 0 Å². The van der Waals surface area contributed by atoms with E-state index in [1.54, 1.807) is 19.1 Å². The van der Waals surface area contributed by atoms with Gasteiger partial charge in [-0.3, -0.25) is 19.4 Å². The van der Waals surface area contributed by atoms with Crippen molar-refractivity contribution in [1.29, 1.82) is 0 Å². The summed E-state index contributed by atoms with van der Waals surface area (Å²) in [7, 11) is 0. The van der Waals surface area contributed by atoms with Crippen molar-refractivity contribution in [3.63, 3.8) is 0 Å². The molecule has 0 saturated carbocycles. The summed E-state index contributed by atoms with van der Waals surface area (Å²) in [6, 6.07) is 3.25. The van der Waals surface area contributed by atoms with E-state index in [9.17, 15) is 14.4 Å². The molecular formula is C12H12N2O3S. The molecule has 1 aliphatic rings. The molecule has 2 amide bonds. The Bertz CT molecular complexity index is 514. The Hall–Kier alpha value is -1.69. The second-order valence-corrected chi connectivity index (χ2v) is 4.53. The molecule has 1 aliphatic heterocycles. The highest BCUT2D eigenvalue weighted by Crippen LogP contribution is 2.30. The molecule has 1 atom stereocenters.